The second-order valence-corrected chi connectivity index (χ2v) is 4.93. The van der Waals surface area contributed by atoms with E-state index < -0.39 is 0 Å². The molecule has 2 nitrogen and oxygen atoms in total. The van der Waals surface area contributed by atoms with Crippen molar-refractivity contribution in [2.24, 2.45) is 11.7 Å². The first-order chi connectivity index (χ1) is 7.47. The third-order valence-electron chi connectivity index (χ3n) is 2.95. The van der Waals surface area contributed by atoms with E-state index in [2.05, 4.69) is 44.9 Å². The molecule has 2 heteroatoms. The van der Waals surface area contributed by atoms with Gasteiger partial charge in [-0.2, -0.15) is 0 Å². The molecular weight excluding hydrogens is 196 g/mol. The van der Waals surface area contributed by atoms with Gasteiger partial charge in [-0.1, -0.05) is 20.4 Å². The highest BCUT2D eigenvalue weighted by Crippen LogP contribution is 2.24. The third-order valence-corrected chi connectivity index (χ3v) is 2.95. The van der Waals surface area contributed by atoms with Gasteiger partial charge in [0.2, 0.25) is 0 Å². The lowest BCUT2D eigenvalue weighted by atomic mass is 10.1. The maximum absolute atomic E-state index is 5.57. The van der Waals surface area contributed by atoms with Crippen LogP contribution in [0.4, 0.5) is 0 Å². The lowest BCUT2D eigenvalue weighted by Gasteiger charge is -2.12. The van der Waals surface area contributed by atoms with Crippen molar-refractivity contribution in [2.75, 3.05) is 6.54 Å². The quantitative estimate of drug-likeness (QED) is 0.812. The van der Waals surface area contributed by atoms with Gasteiger partial charge in [-0.15, -0.1) is 0 Å². The molecule has 0 aliphatic carbocycles. The molecule has 1 aromatic heterocycles. The Morgan fingerprint density at radius 3 is 2.56 bits per heavy atom. The Bertz CT molecular complexity index is 372. The van der Waals surface area contributed by atoms with E-state index in [0.717, 1.165) is 18.5 Å². The summed E-state index contributed by atoms with van der Waals surface area (Å²) in [6, 6.07) is 2.23. The summed E-state index contributed by atoms with van der Waals surface area (Å²) in [7, 11) is 0. The summed E-state index contributed by atoms with van der Waals surface area (Å²) in [6.45, 7) is 14.7. The largest absolute Gasteiger partial charge is 0.348 e. The van der Waals surface area contributed by atoms with Crippen LogP contribution in [0.15, 0.2) is 12.6 Å². The Morgan fingerprint density at radius 1 is 1.44 bits per heavy atom. The molecule has 16 heavy (non-hydrogen) atoms. The molecule has 1 rings (SSSR count). The molecule has 0 unspecified atom stereocenters. The normalized spacial score (nSPS) is 11.1. The van der Waals surface area contributed by atoms with Crippen LogP contribution in [-0.2, 0) is 6.54 Å². The lowest BCUT2D eigenvalue weighted by Crippen LogP contribution is -2.08. The van der Waals surface area contributed by atoms with Gasteiger partial charge in [0.1, 0.15) is 0 Å². The van der Waals surface area contributed by atoms with Crippen molar-refractivity contribution in [3.63, 3.8) is 0 Å². The summed E-state index contributed by atoms with van der Waals surface area (Å²) >= 11 is 0. The van der Waals surface area contributed by atoms with Crippen LogP contribution in [0.5, 0.6) is 0 Å². The minimum absolute atomic E-state index is 0.667. The number of hydrogen-bond donors (Lipinski definition) is 1. The fourth-order valence-corrected chi connectivity index (χ4v) is 2.11. The van der Waals surface area contributed by atoms with E-state index in [-0.39, 0.29) is 0 Å². The van der Waals surface area contributed by atoms with Gasteiger partial charge in [-0.25, -0.2) is 0 Å². The Balaban J connectivity index is 3.01. The molecule has 2 N–H and O–H groups in total. The lowest BCUT2D eigenvalue weighted by molar-refractivity contribution is 0.509. The number of aryl methyl sites for hydroxylation is 1. The molecule has 0 atom stereocenters. The fraction of sp³-hybridized carbons (Fsp3) is 0.571. The standard InChI is InChI=1S/C14H24N2/c1-10(2)9-16-12(4)8-14(13(16)5)11(3)6-7-15/h8,10H,3,6-7,9,15H2,1-2,4-5H3. The first kappa shape index (κ1) is 13.0. The predicted molar refractivity (Wildman–Crippen MR) is 71.4 cm³/mol. The highest BCUT2D eigenvalue weighted by Gasteiger charge is 2.11. The van der Waals surface area contributed by atoms with Gasteiger partial charge < -0.3 is 10.3 Å². The van der Waals surface area contributed by atoms with Crippen molar-refractivity contribution in [3.8, 4) is 0 Å². The minimum atomic E-state index is 0.667. The fourth-order valence-electron chi connectivity index (χ4n) is 2.11. The zero-order chi connectivity index (χ0) is 12.3. The smallest absolute Gasteiger partial charge is 0.0247 e. The van der Waals surface area contributed by atoms with E-state index >= 15 is 0 Å². The number of nitrogens with zero attached hydrogens (tertiary/aromatic N) is 1. The van der Waals surface area contributed by atoms with Crippen molar-refractivity contribution in [3.05, 3.63) is 29.6 Å². The van der Waals surface area contributed by atoms with Gasteiger partial charge >= 0.3 is 0 Å². The average Bonchev–Trinajstić information content (AvgIpc) is 2.45. The van der Waals surface area contributed by atoms with E-state index in [1.54, 1.807) is 0 Å². The molecule has 0 aliphatic heterocycles. The molecule has 0 spiro atoms. The summed E-state index contributed by atoms with van der Waals surface area (Å²) < 4.78 is 2.38. The molecule has 1 aromatic rings. The molecule has 0 bridgehead atoms. The number of aromatic nitrogens is 1. The van der Waals surface area contributed by atoms with Crippen LogP contribution in [0, 0.1) is 19.8 Å². The highest BCUT2D eigenvalue weighted by molar-refractivity contribution is 5.66. The molecule has 0 aliphatic rings. The molecule has 1 heterocycles. The van der Waals surface area contributed by atoms with Gasteiger partial charge in [-0.3, -0.25) is 0 Å². The topological polar surface area (TPSA) is 30.9 Å². The van der Waals surface area contributed by atoms with Crippen LogP contribution >= 0.6 is 0 Å². The van der Waals surface area contributed by atoms with Gasteiger partial charge in [0.05, 0.1) is 0 Å². The summed E-state index contributed by atoms with van der Waals surface area (Å²) in [5, 5.41) is 0. The van der Waals surface area contributed by atoms with E-state index in [4.69, 9.17) is 5.73 Å². The molecule has 0 saturated heterocycles. The SMILES string of the molecule is C=C(CCN)c1cc(C)n(CC(C)C)c1C. The second-order valence-electron chi connectivity index (χ2n) is 4.93. The first-order valence-corrected chi connectivity index (χ1v) is 6.02. The van der Waals surface area contributed by atoms with Crippen molar-refractivity contribution in [1.29, 1.82) is 0 Å². The van der Waals surface area contributed by atoms with Gasteiger partial charge in [0.15, 0.2) is 0 Å². The zero-order valence-electron chi connectivity index (χ0n) is 11.0. The van der Waals surface area contributed by atoms with Crippen LogP contribution in [-0.4, -0.2) is 11.1 Å². The predicted octanol–water partition coefficient (Wildman–Crippen LogP) is 3.12. The zero-order valence-corrected chi connectivity index (χ0v) is 11.0. The summed E-state index contributed by atoms with van der Waals surface area (Å²) in [5.41, 5.74) is 10.7. The Labute approximate surface area is 99.2 Å². The van der Waals surface area contributed by atoms with Crippen LogP contribution in [0.3, 0.4) is 0 Å². The molecule has 0 fully saturated rings. The molecule has 0 aromatic carbocycles. The van der Waals surface area contributed by atoms with E-state index in [1.165, 1.54) is 17.0 Å². The molecule has 0 radical (unpaired) electrons. The third kappa shape index (κ3) is 2.76. The average molecular weight is 220 g/mol. The van der Waals surface area contributed by atoms with E-state index in [1.807, 2.05) is 0 Å². The van der Waals surface area contributed by atoms with E-state index in [9.17, 15) is 0 Å². The van der Waals surface area contributed by atoms with Crippen molar-refractivity contribution in [1.82, 2.24) is 4.57 Å². The highest BCUT2D eigenvalue weighted by atomic mass is 15.0. The Kier molecular flexibility index (Phi) is 4.36. The maximum Gasteiger partial charge on any atom is 0.0247 e. The molecule has 90 valence electrons. The van der Waals surface area contributed by atoms with Crippen molar-refractivity contribution in [2.45, 2.75) is 40.7 Å². The van der Waals surface area contributed by atoms with Crippen molar-refractivity contribution < 1.29 is 0 Å². The van der Waals surface area contributed by atoms with Crippen LogP contribution in [0.1, 0.15) is 37.2 Å². The van der Waals surface area contributed by atoms with E-state index in [0.29, 0.717) is 12.5 Å². The van der Waals surface area contributed by atoms with Crippen LogP contribution < -0.4 is 5.73 Å². The Morgan fingerprint density at radius 2 is 2.06 bits per heavy atom. The molecule has 0 amide bonds. The van der Waals surface area contributed by atoms with Crippen LogP contribution in [0.2, 0.25) is 0 Å². The first-order valence-electron chi connectivity index (χ1n) is 6.02. The molecular formula is C14H24N2. The minimum Gasteiger partial charge on any atom is -0.348 e. The van der Waals surface area contributed by atoms with Gasteiger partial charge in [-0.05, 0) is 49.9 Å². The van der Waals surface area contributed by atoms with Gasteiger partial charge in [0, 0.05) is 17.9 Å². The number of rotatable bonds is 5. The second kappa shape index (κ2) is 5.35. The number of hydrogen-bond acceptors (Lipinski definition) is 1. The molecule has 0 saturated carbocycles. The van der Waals surface area contributed by atoms with Crippen LogP contribution in [0.25, 0.3) is 5.57 Å². The van der Waals surface area contributed by atoms with Gasteiger partial charge in [0.25, 0.3) is 0 Å². The Hall–Kier alpha value is -1.02. The summed E-state index contributed by atoms with van der Waals surface area (Å²) in [4.78, 5) is 0. The van der Waals surface area contributed by atoms with Crippen molar-refractivity contribution >= 4 is 5.57 Å². The monoisotopic (exact) mass is 220 g/mol. The summed E-state index contributed by atoms with van der Waals surface area (Å²) in [5.74, 6) is 0.667. The summed E-state index contributed by atoms with van der Waals surface area (Å²) in [6.07, 6.45) is 0.881. The maximum atomic E-state index is 5.57. The number of nitrogens with two attached hydrogens (primary N) is 1.